The van der Waals surface area contributed by atoms with E-state index in [9.17, 15) is 32.0 Å². The highest BCUT2D eigenvalue weighted by Crippen LogP contribution is 2.39. The normalized spacial score (nSPS) is 15.8. The smallest absolute Gasteiger partial charge is 0.364 e. The van der Waals surface area contributed by atoms with Gasteiger partial charge in [-0.05, 0) is 26.8 Å². The lowest BCUT2D eigenvalue weighted by Gasteiger charge is -2.50. The topological polar surface area (TPSA) is 103 Å². The molecular formula is C23H22F5N7O. The van der Waals surface area contributed by atoms with Crippen LogP contribution >= 0.6 is 0 Å². The molecule has 0 aliphatic carbocycles. The Morgan fingerprint density at radius 2 is 1.97 bits per heavy atom. The number of nitrogens with one attached hydrogen (secondary N) is 2. The second-order valence-electron chi connectivity index (χ2n) is 8.92. The van der Waals surface area contributed by atoms with Crippen molar-refractivity contribution in [3.63, 3.8) is 0 Å². The van der Waals surface area contributed by atoms with Crippen molar-refractivity contribution < 1.29 is 26.7 Å². The molecule has 4 rings (SSSR count). The van der Waals surface area contributed by atoms with Crippen LogP contribution in [0, 0.1) is 36.8 Å². The average Bonchev–Trinajstić information content (AvgIpc) is 3.37. The third-order valence-electron chi connectivity index (χ3n) is 6.32. The number of amides is 1. The van der Waals surface area contributed by atoms with Crippen molar-refractivity contribution in [1.29, 1.82) is 5.26 Å². The van der Waals surface area contributed by atoms with Crippen molar-refractivity contribution in [1.82, 2.24) is 25.3 Å². The molecule has 190 valence electrons. The minimum absolute atomic E-state index is 0.0495. The molecule has 1 atom stereocenters. The van der Waals surface area contributed by atoms with Crippen LogP contribution in [0.3, 0.4) is 0 Å². The van der Waals surface area contributed by atoms with Gasteiger partial charge in [-0.3, -0.25) is 14.6 Å². The Bertz CT molecular complexity index is 1330. The van der Waals surface area contributed by atoms with E-state index in [1.807, 2.05) is 13.8 Å². The summed E-state index contributed by atoms with van der Waals surface area (Å²) in [5.74, 6) is -3.51. The van der Waals surface area contributed by atoms with Gasteiger partial charge in [-0.1, -0.05) is 0 Å². The van der Waals surface area contributed by atoms with Crippen LogP contribution in [0.4, 0.5) is 27.6 Å². The molecular weight excluding hydrogens is 485 g/mol. The van der Waals surface area contributed by atoms with Crippen LogP contribution in [0.25, 0.3) is 11.1 Å². The maximum absolute atomic E-state index is 14.8. The van der Waals surface area contributed by atoms with E-state index >= 15 is 0 Å². The summed E-state index contributed by atoms with van der Waals surface area (Å²) >= 11 is 0. The molecule has 1 aliphatic rings. The van der Waals surface area contributed by atoms with E-state index in [0.29, 0.717) is 13.0 Å². The molecule has 1 aromatic carbocycles. The molecule has 1 saturated heterocycles. The predicted octanol–water partition coefficient (Wildman–Crippen LogP) is 3.98. The van der Waals surface area contributed by atoms with Gasteiger partial charge >= 0.3 is 6.18 Å². The van der Waals surface area contributed by atoms with Gasteiger partial charge in [-0.2, -0.15) is 28.6 Å². The number of nitrogens with zero attached hydrogens (tertiary/aromatic N) is 5. The quantitative estimate of drug-likeness (QED) is 0.492. The molecule has 1 aliphatic heterocycles. The standard InChI is InChI=1S/C23H22F5N7O/c1-12-20(13(2)33-32-12)15-8-30-35(9-15)22(4-5-29)10-34(11-22)19-7-17(24)16(6-18(19)25)21(36)31-14(3)23(26,27)28/h6-9,14H,4,10-11H2,1-3H3,(H,31,36)(H,32,33). The van der Waals surface area contributed by atoms with E-state index in [2.05, 4.69) is 21.4 Å². The van der Waals surface area contributed by atoms with Crippen LogP contribution in [0.15, 0.2) is 24.5 Å². The summed E-state index contributed by atoms with van der Waals surface area (Å²) < 4.78 is 69.2. The summed E-state index contributed by atoms with van der Waals surface area (Å²) in [4.78, 5) is 13.6. The van der Waals surface area contributed by atoms with E-state index in [1.165, 1.54) is 4.90 Å². The summed E-state index contributed by atoms with van der Waals surface area (Å²) in [7, 11) is 0. The average molecular weight is 507 g/mol. The molecule has 13 heteroatoms. The number of benzene rings is 1. The Morgan fingerprint density at radius 1 is 1.28 bits per heavy atom. The first kappa shape index (κ1) is 25.2. The van der Waals surface area contributed by atoms with Crippen LogP contribution in [-0.2, 0) is 5.54 Å². The van der Waals surface area contributed by atoms with Crippen molar-refractivity contribution in [3.8, 4) is 17.2 Å². The molecule has 0 radical (unpaired) electrons. The van der Waals surface area contributed by atoms with E-state index in [0.717, 1.165) is 28.6 Å². The van der Waals surface area contributed by atoms with Crippen LogP contribution in [0.1, 0.15) is 35.1 Å². The molecule has 0 bridgehead atoms. The van der Waals surface area contributed by atoms with Crippen LogP contribution in [0.5, 0.6) is 0 Å². The van der Waals surface area contributed by atoms with Crippen LogP contribution in [0.2, 0.25) is 0 Å². The molecule has 2 N–H and O–H groups in total. The molecule has 2 aromatic heterocycles. The Hall–Kier alpha value is -3.95. The molecule has 3 aromatic rings. The number of alkyl halides is 3. The van der Waals surface area contributed by atoms with Gasteiger partial charge in [0.1, 0.15) is 23.2 Å². The molecule has 8 nitrogen and oxygen atoms in total. The highest BCUT2D eigenvalue weighted by Gasteiger charge is 2.47. The Labute approximate surface area is 202 Å². The highest BCUT2D eigenvalue weighted by molar-refractivity contribution is 5.95. The van der Waals surface area contributed by atoms with Crippen molar-refractivity contribution in [2.75, 3.05) is 18.0 Å². The van der Waals surface area contributed by atoms with Crippen molar-refractivity contribution in [3.05, 3.63) is 53.1 Å². The second-order valence-corrected chi connectivity index (χ2v) is 8.92. The number of hydrogen-bond donors (Lipinski definition) is 2. The number of nitriles is 1. The van der Waals surface area contributed by atoms with Crippen molar-refractivity contribution in [2.45, 2.75) is 44.9 Å². The Balaban J connectivity index is 1.55. The zero-order valence-electron chi connectivity index (χ0n) is 19.5. The molecule has 36 heavy (non-hydrogen) atoms. The number of carbonyl (C=O) groups excluding carboxylic acids is 1. The highest BCUT2D eigenvalue weighted by atomic mass is 19.4. The molecule has 0 spiro atoms. The third kappa shape index (κ3) is 4.38. The summed E-state index contributed by atoms with van der Waals surface area (Å²) in [5, 5.41) is 22.5. The molecule has 1 amide bonds. The number of hydrogen-bond acceptors (Lipinski definition) is 5. The predicted molar refractivity (Wildman–Crippen MR) is 119 cm³/mol. The summed E-state index contributed by atoms with van der Waals surface area (Å²) in [6.45, 7) is 4.66. The zero-order valence-corrected chi connectivity index (χ0v) is 19.5. The van der Waals surface area contributed by atoms with Crippen LogP contribution < -0.4 is 10.2 Å². The van der Waals surface area contributed by atoms with Gasteiger partial charge in [-0.25, -0.2) is 8.78 Å². The zero-order chi connectivity index (χ0) is 26.4. The number of aromatic amines is 1. The van der Waals surface area contributed by atoms with Gasteiger partial charge in [0, 0.05) is 42.2 Å². The van der Waals surface area contributed by atoms with E-state index in [-0.39, 0.29) is 25.2 Å². The molecule has 1 fully saturated rings. The van der Waals surface area contributed by atoms with Crippen LogP contribution in [-0.4, -0.2) is 51.2 Å². The lowest BCUT2D eigenvalue weighted by molar-refractivity contribution is -0.149. The van der Waals surface area contributed by atoms with Crippen molar-refractivity contribution in [2.24, 2.45) is 0 Å². The van der Waals surface area contributed by atoms with Gasteiger partial charge in [0.2, 0.25) is 0 Å². The molecule has 1 unspecified atom stereocenters. The first-order valence-corrected chi connectivity index (χ1v) is 10.9. The summed E-state index contributed by atoms with van der Waals surface area (Å²) in [6.07, 6.45) is -1.27. The maximum atomic E-state index is 14.8. The van der Waals surface area contributed by atoms with Gasteiger partial charge in [0.05, 0.1) is 35.6 Å². The van der Waals surface area contributed by atoms with E-state index in [4.69, 9.17) is 0 Å². The minimum Gasteiger partial charge on any atom is -0.364 e. The fourth-order valence-electron chi connectivity index (χ4n) is 4.32. The number of carbonyl (C=O) groups is 1. The largest absolute Gasteiger partial charge is 0.408 e. The van der Waals surface area contributed by atoms with E-state index in [1.54, 1.807) is 22.4 Å². The number of halogens is 5. The monoisotopic (exact) mass is 507 g/mol. The Kier molecular flexibility index (Phi) is 6.24. The first-order chi connectivity index (χ1) is 16.9. The summed E-state index contributed by atoms with van der Waals surface area (Å²) in [5.41, 5.74) is 1.49. The lowest BCUT2D eigenvalue weighted by Crippen LogP contribution is -2.63. The maximum Gasteiger partial charge on any atom is 0.408 e. The van der Waals surface area contributed by atoms with Gasteiger partial charge in [-0.15, -0.1) is 0 Å². The SMILES string of the molecule is Cc1n[nH]c(C)c1-c1cnn(C2(CC#N)CN(c3cc(F)c(C(=O)NC(C)C(F)(F)F)cc3F)C2)c1. The van der Waals surface area contributed by atoms with Gasteiger partial charge in [0.15, 0.2) is 0 Å². The Morgan fingerprint density at radius 3 is 2.56 bits per heavy atom. The van der Waals surface area contributed by atoms with Gasteiger partial charge < -0.3 is 10.2 Å². The van der Waals surface area contributed by atoms with E-state index < -0.39 is 40.9 Å². The molecule has 0 saturated carbocycles. The molecule has 3 heterocycles. The fourth-order valence-corrected chi connectivity index (χ4v) is 4.32. The lowest BCUT2D eigenvalue weighted by atomic mass is 9.86. The summed E-state index contributed by atoms with van der Waals surface area (Å²) in [6, 6.07) is 1.22. The third-order valence-corrected chi connectivity index (χ3v) is 6.32. The first-order valence-electron chi connectivity index (χ1n) is 10.9. The number of rotatable bonds is 6. The minimum atomic E-state index is -4.73. The second kappa shape index (κ2) is 8.92. The number of aryl methyl sites for hydroxylation is 2. The fraction of sp³-hybridized carbons (Fsp3) is 0.391. The van der Waals surface area contributed by atoms with Crippen molar-refractivity contribution >= 4 is 11.6 Å². The van der Waals surface area contributed by atoms with Gasteiger partial charge in [0.25, 0.3) is 5.91 Å². The number of anilines is 1. The number of H-pyrrole nitrogens is 1. The number of aromatic nitrogens is 4.